The maximum absolute atomic E-state index is 12.8. The lowest BCUT2D eigenvalue weighted by atomic mass is 9.79. The molecule has 11 nitrogen and oxygen atoms in total. The predicted octanol–water partition coefficient (Wildman–Crippen LogP) is 29.2. The van der Waals surface area contributed by atoms with Crippen LogP contribution in [-0.4, -0.2) is 61.0 Å². The number of benzene rings is 20. The van der Waals surface area contributed by atoms with Gasteiger partial charge in [-0.1, -0.05) is 309 Å². The highest BCUT2D eigenvalue weighted by atomic mass is 32.2. The SMILES string of the molecule is CC1(C)OB(c2ccc(-c3nc4ccccc4c4nc5ccccc5n34)cc2)OC1(C)C.O=S(=O)(Oc1ccc2cc(-c3c4ccccc4c(-c4ccc5ccccc5c4)c4ccccc34)ccc2c1)C(F)(F)F.c1ccc2cc(-c3c4ccccc4c(-c4ccc5cc(-c6ccc(-c7nc8ccccc8c8nc9ccccc9n78)cc6)ccc5c4)c4ccccc34)ccc2c1. The van der Waals surface area contributed by atoms with E-state index in [1.54, 1.807) is 12.1 Å². The average Bonchev–Trinajstić information content (AvgIpc) is 1.58. The molecule has 131 heavy (non-hydrogen) atoms. The Morgan fingerprint density at radius 2 is 0.557 bits per heavy atom. The van der Waals surface area contributed by atoms with Gasteiger partial charge in [-0.3, -0.25) is 8.80 Å². The summed E-state index contributed by atoms with van der Waals surface area (Å²) in [5.74, 6) is 1.36. The topological polar surface area (TPSA) is 122 Å². The zero-order valence-electron chi connectivity index (χ0n) is 71.4. The van der Waals surface area contributed by atoms with E-state index in [4.69, 9.17) is 29.2 Å². The van der Waals surface area contributed by atoms with Crippen LogP contribution in [0.3, 0.4) is 0 Å². The van der Waals surface area contributed by atoms with E-state index >= 15 is 0 Å². The first kappa shape index (κ1) is 79.9. The zero-order valence-corrected chi connectivity index (χ0v) is 72.3. The molecule has 1 aliphatic heterocycles. The van der Waals surface area contributed by atoms with Crippen molar-refractivity contribution in [3.63, 3.8) is 0 Å². The third-order valence-corrected chi connectivity index (χ3v) is 27.1. The highest BCUT2D eigenvalue weighted by molar-refractivity contribution is 7.88. The Labute approximate surface area is 751 Å². The van der Waals surface area contributed by atoms with Gasteiger partial charge < -0.3 is 13.5 Å². The molecule has 16 heteroatoms. The van der Waals surface area contributed by atoms with E-state index in [0.717, 1.165) is 138 Å². The summed E-state index contributed by atoms with van der Waals surface area (Å²) in [4.78, 5) is 20.1. The second-order valence-electron chi connectivity index (χ2n) is 34.5. The summed E-state index contributed by atoms with van der Waals surface area (Å²) in [7, 11) is -6.14. The molecule has 0 aliphatic carbocycles. The Hall–Kier alpha value is -15.7. The summed E-state index contributed by atoms with van der Waals surface area (Å²) in [6.07, 6.45) is 0. The van der Waals surface area contributed by atoms with Gasteiger partial charge in [0.2, 0.25) is 0 Å². The van der Waals surface area contributed by atoms with E-state index in [-0.39, 0.29) is 18.3 Å². The van der Waals surface area contributed by atoms with E-state index in [0.29, 0.717) is 5.39 Å². The number of imidazole rings is 2. The Morgan fingerprint density at radius 3 is 0.939 bits per heavy atom. The van der Waals surface area contributed by atoms with Crippen LogP contribution >= 0.6 is 0 Å². The molecule has 0 radical (unpaired) electrons. The number of fused-ring (bicyclic) bond motifs is 18. The first-order chi connectivity index (χ1) is 63.8. The van der Waals surface area contributed by atoms with E-state index in [2.05, 4.69) is 320 Å². The fourth-order valence-electron chi connectivity index (χ4n) is 19.0. The van der Waals surface area contributed by atoms with Crippen molar-refractivity contribution < 1.29 is 35.1 Å². The van der Waals surface area contributed by atoms with Gasteiger partial charge in [-0.25, -0.2) is 19.9 Å². The number of alkyl halides is 3. The quantitative estimate of drug-likeness (QED) is 0.0570. The molecule has 5 heterocycles. The second-order valence-corrected chi connectivity index (χ2v) is 36.0. The fraction of sp³-hybridized carbons (Fsp3) is 0.0609. The van der Waals surface area contributed by atoms with Crippen LogP contribution in [0.25, 0.3) is 220 Å². The molecular formula is C115H78BF3N6O5S. The zero-order chi connectivity index (χ0) is 88.6. The van der Waals surface area contributed by atoms with Gasteiger partial charge in [0.1, 0.15) is 28.7 Å². The average molecular weight is 1720 g/mol. The lowest BCUT2D eigenvalue weighted by Crippen LogP contribution is -2.41. The van der Waals surface area contributed by atoms with Gasteiger partial charge in [0, 0.05) is 21.9 Å². The summed E-state index contributed by atoms with van der Waals surface area (Å²) in [6, 6.07) is 138. The number of nitrogens with zero attached hydrogens (tertiary/aromatic N) is 6. The van der Waals surface area contributed by atoms with Crippen molar-refractivity contribution in [2.75, 3.05) is 0 Å². The molecule has 0 N–H and O–H groups in total. The number of hydrogen-bond donors (Lipinski definition) is 0. The summed E-state index contributed by atoms with van der Waals surface area (Å²) in [5, 5.41) is 20.0. The molecule has 0 atom stereocenters. The summed E-state index contributed by atoms with van der Waals surface area (Å²) < 4.78 is 82.6. The highest BCUT2D eigenvalue weighted by Gasteiger charge is 2.52. The van der Waals surface area contributed by atoms with E-state index < -0.39 is 21.4 Å². The van der Waals surface area contributed by atoms with Gasteiger partial charge in [-0.15, -0.1) is 0 Å². The third-order valence-electron chi connectivity index (χ3n) is 26.1. The molecule has 24 aromatic rings. The Bertz CT molecular complexity index is 8820. The summed E-state index contributed by atoms with van der Waals surface area (Å²) in [5.41, 5.74) is 16.2. The molecule has 628 valence electrons. The molecule has 1 fully saturated rings. The van der Waals surface area contributed by atoms with Crippen molar-refractivity contribution in [2.24, 2.45) is 0 Å². The van der Waals surface area contributed by atoms with Gasteiger partial charge in [0.05, 0.1) is 44.3 Å². The van der Waals surface area contributed by atoms with E-state index in [9.17, 15) is 21.6 Å². The Kier molecular flexibility index (Phi) is 19.1. The lowest BCUT2D eigenvalue weighted by molar-refractivity contribution is -0.0500. The van der Waals surface area contributed by atoms with Crippen LogP contribution < -0.4 is 9.65 Å². The standard InChI is InChI=1S/C54H33N3.C35H21F3O3S.C26H24BN3O2/c1-2-12-37-32-41(29-23-34(37)11-1)51-43-13-3-5-15-45(43)52(46-16-6-4-14-44(46)51)42-30-28-39-31-38(26-27-40(39)33-42)35-21-24-36(25-22-35)53-55-48-18-8-7-17-47(48)54-56-49-19-9-10-20-50(49)57(53)54;36-35(37,38)42(39,40)41-28-18-17-24-20-27(16-14-25(24)21-28)34-31-11-5-3-9-29(31)33(30-10-4-6-12-32(30)34)26-15-13-22-7-1-2-8-23(22)19-26;1-25(2)26(3,4)32-27(31-25)18-15-13-17(14-16-18)23-28-20-10-6-5-9-19(20)24-29-21-11-7-8-12-22(21)30(23)24/h1-33H;1-21H;5-16H,1-4H3. The summed E-state index contributed by atoms with van der Waals surface area (Å²) >= 11 is 0. The van der Waals surface area contributed by atoms with Gasteiger partial charge in [-0.2, -0.15) is 21.6 Å². The maximum Gasteiger partial charge on any atom is 0.534 e. The minimum atomic E-state index is -5.76. The van der Waals surface area contributed by atoms with Crippen molar-refractivity contribution in [2.45, 2.75) is 44.4 Å². The lowest BCUT2D eigenvalue weighted by Gasteiger charge is -2.32. The number of para-hydroxylation sites is 6. The minimum absolute atomic E-state index is 0.363. The fourth-order valence-corrected chi connectivity index (χ4v) is 19.5. The smallest absolute Gasteiger partial charge is 0.399 e. The van der Waals surface area contributed by atoms with Gasteiger partial charge in [-0.05, 0) is 266 Å². The minimum Gasteiger partial charge on any atom is -0.399 e. The van der Waals surface area contributed by atoms with Crippen molar-refractivity contribution in [1.29, 1.82) is 0 Å². The molecule has 0 bridgehead atoms. The highest BCUT2D eigenvalue weighted by Crippen LogP contribution is 2.49. The molecule has 0 amide bonds. The van der Waals surface area contributed by atoms with Crippen LogP contribution in [0.1, 0.15) is 27.7 Å². The van der Waals surface area contributed by atoms with Crippen molar-refractivity contribution in [1.82, 2.24) is 28.7 Å². The molecule has 20 aromatic carbocycles. The van der Waals surface area contributed by atoms with Crippen molar-refractivity contribution in [3.8, 4) is 84.2 Å². The van der Waals surface area contributed by atoms with Crippen LogP contribution in [0.4, 0.5) is 13.2 Å². The van der Waals surface area contributed by atoms with Gasteiger partial charge in [0.25, 0.3) is 0 Å². The maximum atomic E-state index is 12.8. The largest absolute Gasteiger partial charge is 0.534 e. The third kappa shape index (κ3) is 14.0. The molecule has 0 unspecified atom stereocenters. The number of aromatic nitrogens is 6. The number of rotatable bonds is 10. The van der Waals surface area contributed by atoms with Crippen molar-refractivity contribution >= 4 is 164 Å². The molecule has 1 saturated heterocycles. The second kappa shape index (κ2) is 31.4. The van der Waals surface area contributed by atoms with Crippen LogP contribution in [0, 0.1) is 0 Å². The first-order valence-corrected chi connectivity index (χ1v) is 45.0. The molecule has 0 saturated carbocycles. The van der Waals surface area contributed by atoms with Crippen LogP contribution in [0.5, 0.6) is 5.75 Å². The normalized spacial score (nSPS) is 13.4. The van der Waals surface area contributed by atoms with Crippen LogP contribution in [0.15, 0.2) is 400 Å². The van der Waals surface area contributed by atoms with E-state index in [1.807, 2.05) is 97.1 Å². The molecule has 0 spiro atoms. The predicted molar refractivity (Wildman–Crippen MR) is 532 cm³/mol. The summed E-state index contributed by atoms with van der Waals surface area (Å²) in [6.45, 7) is 8.28. The molecule has 1 aliphatic rings. The first-order valence-electron chi connectivity index (χ1n) is 43.6. The van der Waals surface area contributed by atoms with Crippen LogP contribution in [-0.2, 0) is 19.4 Å². The van der Waals surface area contributed by atoms with Crippen molar-refractivity contribution in [3.05, 3.63) is 400 Å². The Morgan fingerprint density at radius 1 is 0.282 bits per heavy atom. The van der Waals surface area contributed by atoms with Gasteiger partial charge in [0.15, 0.2) is 0 Å². The Balaban J connectivity index is 0.000000117. The monoisotopic (exact) mass is 1720 g/mol. The number of halogens is 3. The van der Waals surface area contributed by atoms with Crippen LogP contribution in [0.2, 0.25) is 0 Å². The van der Waals surface area contributed by atoms with Gasteiger partial charge >= 0.3 is 22.7 Å². The molecule has 4 aromatic heterocycles. The number of hydrogen-bond acceptors (Lipinski definition) is 9. The van der Waals surface area contributed by atoms with E-state index in [1.165, 1.54) is 94.0 Å². The molecular weight excluding hydrogens is 1650 g/mol. The molecule has 25 rings (SSSR count).